The van der Waals surface area contributed by atoms with Crippen molar-refractivity contribution < 1.29 is 14.3 Å². The van der Waals surface area contributed by atoms with Crippen molar-refractivity contribution in [2.75, 3.05) is 13.2 Å². The molecule has 0 unspecified atom stereocenters. The van der Waals surface area contributed by atoms with E-state index in [9.17, 15) is 4.79 Å². The fourth-order valence-corrected chi connectivity index (χ4v) is 1.86. The van der Waals surface area contributed by atoms with Crippen LogP contribution in [-0.4, -0.2) is 25.1 Å². The van der Waals surface area contributed by atoms with Gasteiger partial charge in [0.15, 0.2) is 0 Å². The first-order chi connectivity index (χ1) is 9.07. The fraction of sp³-hybridized carbons (Fsp3) is 0.562. The number of rotatable bonds is 9. The van der Waals surface area contributed by atoms with Crippen molar-refractivity contribution >= 4 is 6.29 Å². The smallest absolute Gasteiger partial charge is 0.120 e. The van der Waals surface area contributed by atoms with E-state index in [4.69, 9.17) is 9.47 Å². The zero-order valence-corrected chi connectivity index (χ0v) is 12.1. The van der Waals surface area contributed by atoms with Gasteiger partial charge in [-0.05, 0) is 44.9 Å². The summed E-state index contributed by atoms with van der Waals surface area (Å²) >= 11 is 0. The van der Waals surface area contributed by atoms with Crippen LogP contribution in [0.3, 0.4) is 0 Å². The lowest BCUT2D eigenvalue weighted by atomic mass is 10.1. The van der Waals surface area contributed by atoms with Crippen LogP contribution in [0.4, 0.5) is 0 Å². The topological polar surface area (TPSA) is 35.5 Å². The van der Waals surface area contributed by atoms with Crippen molar-refractivity contribution in [1.29, 1.82) is 0 Å². The van der Waals surface area contributed by atoms with Crippen LogP contribution in [-0.2, 0) is 16.0 Å². The van der Waals surface area contributed by atoms with Crippen molar-refractivity contribution in [1.82, 2.24) is 0 Å². The van der Waals surface area contributed by atoms with Gasteiger partial charge in [-0.3, -0.25) is 0 Å². The van der Waals surface area contributed by atoms with Gasteiger partial charge in [-0.1, -0.05) is 12.1 Å². The van der Waals surface area contributed by atoms with Gasteiger partial charge in [0.1, 0.15) is 12.0 Å². The van der Waals surface area contributed by atoms with E-state index >= 15 is 0 Å². The lowest BCUT2D eigenvalue weighted by molar-refractivity contribution is -0.107. The molecule has 0 saturated heterocycles. The predicted octanol–water partition coefficient (Wildman–Crippen LogP) is 3.40. The quantitative estimate of drug-likeness (QED) is 0.641. The highest BCUT2D eigenvalue weighted by atomic mass is 16.5. The van der Waals surface area contributed by atoms with Crippen LogP contribution < -0.4 is 4.74 Å². The molecule has 1 aromatic carbocycles. The Morgan fingerprint density at radius 1 is 1.21 bits per heavy atom. The van der Waals surface area contributed by atoms with Gasteiger partial charge in [0.05, 0.1) is 12.2 Å². The second-order valence-electron chi connectivity index (χ2n) is 5.14. The normalized spacial score (nSPS) is 11.3. The van der Waals surface area contributed by atoms with Gasteiger partial charge < -0.3 is 14.3 Å². The SMILES string of the molecule is CCOC(C)(C)CCOc1ccc(CCC=O)cc1. The molecule has 106 valence electrons. The van der Waals surface area contributed by atoms with Gasteiger partial charge in [0.25, 0.3) is 0 Å². The summed E-state index contributed by atoms with van der Waals surface area (Å²) in [7, 11) is 0. The van der Waals surface area contributed by atoms with Crippen molar-refractivity contribution in [3.05, 3.63) is 29.8 Å². The van der Waals surface area contributed by atoms with E-state index in [1.807, 2.05) is 31.2 Å². The molecule has 0 atom stereocenters. The summed E-state index contributed by atoms with van der Waals surface area (Å²) in [6.07, 6.45) is 3.16. The van der Waals surface area contributed by atoms with E-state index in [1.165, 1.54) is 0 Å². The zero-order chi connectivity index (χ0) is 14.1. The van der Waals surface area contributed by atoms with E-state index < -0.39 is 0 Å². The number of ether oxygens (including phenoxy) is 2. The number of aryl methyl sites for hydroxylation is 1. The highest BCUT2D eigenvalue weighted by Crippen LogP contribution is 2.17. The monoisotopic (exact) mass is 264 g/mol. The molecule has 0 saturated carbocycles. The van der Waals surface area contributed by atoms with E-state index in [0.717, 1.165) is 37.0 Å². The third-order valence-electron chi connectivity index (χ3n) is 2.98. The summed E-state index contributed by atoms with van der Waals surface area (Å²) in [5.74, 6) is 0.863. The van der Waals surface area contributed by atoms with Crippen LogP contribution in [0.2, 0.25) is 0 Å². The first-order valence-electron chi connectivity index (χ1n) is 6.87. The number of benzene rings is 1. The number of aldehydes is 1. The van der Waals surface area contributed by atoms with Crippen LogP contribution in [0, 0.1) is 0 Å². The molecule has 0 aliphatic heterocycles. The summed E-state index contributed by atoms with van der Waals surface area (Å²) in [6.45, 7) is 7.50. The second kappa shape index (κ2) is 7.95. The Kier molecular flexibility index (Phi) is 6.57. The third-order valence-corrected chi connectivity index (χ3v) is 2.98. The Hall–Kier alpha value is -1.35. The molecule has 0 bridgehead atoms. The number of carbonyl (C=O) groups is 1. The molecular weight excluding hydrogens is 240 g/mol. The van der Waals surface area contributed by atoms with Crippen LogP contribution in [0.15, 0.2) is 24.3 Å². The molecule has 3 heteroatoms. The Bertz CT molecular complexity index is 368. The fourth-order valence-electron chi connectivity index (χ4n) is 1.86. The zero-order valence-electron chi connectivity index (χ0n) is 12.1. The molecule has 0 heterocycles. The Balaban J connectivity index is 2.35. The molecule has 0 aromatic heterocycles. The lowest BCUT2D eigenvalue weighted by Gasteiger charge is -2.24. The first kappa shape index (κ1) is 15.7. The van der Waals surface area contributed by atoms with E-state index in [1.54, 1.807) is 0 Å². The molecule has 0 radical (unpaired) electrons. The number of hydrogen-bond acceptors (Lipinski definition) is 3. The Labute approximate surface area is 115 Å². The van der Waals surface area contributed by atoms with Gasteiger partial charge in [0, 0.05) is 19.4 Å². The molecule has 1 rings (SSSR count). The molecule has 0 spiro atoms. The minimum absolute atomic E-state index is 0.140. The largest absolute Gasteiger partial charge is 0.493 e. The maximum Gasteiger partial charge on any atom is 0.120 e. The first-order valence-corrected chi connectivity index (χ1v) is 6.87. The van der Waals surface area contributed by atoms with Crippen LogP contribution in [0.5, 0.6) is 5.75 Å². The highest BCUT2D eigenvalue weighted by molar-refractivity contribution is 5.50. The molecule has 19 heavy (non-hydrogen) atoms. The summed E-state index contributed by atoms with van der Waals surface area (Å²) in [6, 6.07) is 7.92. The molecule has 0 aliphatic rings. The van der Waals surface area contributed by atoms with Gasteiger partial charge in [-0.15, -0.1) is 0 Å². The van der Waals surface area contributed by atoms with Gasteiger partial charge in [0.2, 0.25) is 0 Å². The average molecular weight is 264 g/mol. The molecule has 0 aliphatic carbocycles. The van der Waals surface area contributed by atoms with Crippen LogP contribution >= 0.6 is 0 Å². The van der Waals surface area contributed by atoms with Gasteiger partial charge >= 0.3 is 0 Å². The van der Waals surface area contributed by atoms with Crippen LogP contribution in [0.1, 0.15) is 39.2 Å². The maximum absolute atomic E-state index is 10.3. The van der Waals surface area contributed by atoms with Gasteiger partial charge in [-0.2, -0.15) is 0 Å². The lowest BCUT2D eigenvalue weighted by Crippen LogP contribution is -2.26. The Morgan fingerprint density at radius 2 is 1.89 bits per heavy atom. The second-order valence-corrected chi connectivity index (χ2v) is 5.14. The minimum atomic E-state index is -0.140. The molecular formula is C16H24O3. The minimum Gasteiger partial charge on any atom is -0.493 e. The van der Waals surface area contributed by atoms with Crippen molar-refractivity contribution in [3.8, 4) is 5.75 Å². The van der Waals surface area contributed by atoms with Gasteiger partial charge in [-0.25, -0.2) is 0 Å². The highest BCUT2D eigenvalue weighted by Gasteiger charge is 2.17. The van der Waals surface area contributed by atoms with E-state index in [2.05, 4.69) is 13.8 Å². The predicted molar refractivity (Wildman–Crippen MR) is 76.6 cm³/mol. The standard InChI is InChI=1S/C16H24O3/c1-4-19-16(2,3)11-13-18-15-9-7-14(8-10-15)6-5-12-17/h7-10,12H,4-6,11,13H2,1-3H3. The average Bonchev–Trinajstić information content (AvgIpc) is 2.37. The molecule has 0 amide bonds. The maximum atomic E-state index is 10.3. The summed E-state index contributed by atoms with van der Waals surface area (Å²) < 4.78 is 11.3. The Morgan fingerprint density at radius 3 is 2.47 bits per heavy atom. The molecule has 0 fully saturated rings. The van der Waals surface area contributed by atoms with Crippen molar-refractivity contribution in [3.63, 3.8) is 0 Å². The number of carbonyl (C=O) groups excluding carboxylic acids is 1. The molecule has 1 aromatic rings. The van der Waals surface area contributed by atoms with Crippen molar-refractivity contribution in [2.45, 2.75) is 45.6 Å². The summed E-state index contributed by atoms with van der Waals surface area (Å²) in [4.78, 5) is 10.3. The van der Waals surface area contributed by atoms with E-state index in [0.29, 0.717) is 13.0 Å². The molecule has 0 N–H and O–H groups in total. The van der Waals surface area contributed by atoms with E-state index in [-0.39, 0.29) is 5.60 Å². The van der Waals surface area contributed by atoms with Crippen LogP contribution in [0.25, 0.3) is 0 Å². The molecule has 3 nitrogen and oxygen atoms in total. The third kappa shape index (κ3) is 6.39. The number of hydrogen-bond donors (Lipinski definition) is 0. The van der Waals surface area contributed by atoms with Crippen molar-refractivity contribution in [2.24, 2.45) is 0 Å². The summed E-state index contributed by atoms with van der Waals surface area (Å²) in [5, 5.41) is 0. The summed E-state index contributed by atoms with van der Waals surface area (Å²) in [5.41, 5.74) is 1.02.